The molecular formula is C117H148O12. The lowest BCUT2D eigenvalue weighted by Gasteiger charge is -2.30. The van der Waals surface area contributed by atoms with Gasteiger partial charge in [0.15, 0.2) is 5.78 Å². The van der Waals surface area contributed by atoms with E-state index >= 15 is 0 Å². The van der Waals surface area contributed by atoms with Gasteiger partial charge in [-0.15, -0.1) is 0 Å². The van der Waals surface area contributed by atoms with Gasteiger partial charge < -0.3 is 42.7 Å². The van der Waals surface area contributed by atoms with E-state index < -0.39 is 0 Å². The van der Waals surface area contributed by atoms with Gasteiger partial charge in [-0.1, -0.05) is 188 Å². The smallest absolute Gasteiger partial charge is 0.155 e. The molecule has 7 fully saturated rings. The van der Waals surface area contributed by atoms with Gasteiger partial charge in [0.05, 0.1) is 49.8 Å². The van der Waals surface area contributed by atoms with Gasteiger partial charge in [-0.05, 0) is 387 Å². The van der Waals surface area contributed by atoms with Crippen LogP contribution in [-0.4, -0.2) is 85.4 Å². The van der Waals surface area contributed by atoms with Crippen molar-refractivity contribution in [2.45, 2.75) is 327 Å². The molecule has 7 aliphatic carbocycles. The number of hydrogen-bond acceptors (Lipinski definition) is 12. The summed E-state index contributed by atoms with van der Waals surface area (Å²) in [5.74, 6) is 10.8. The van der Waals surface area contributed by atoms with Crippen molar-refractivity contribution in [1.29, 1.82) is 0 Å². The summed E-state index contributed by atoms with van der Waals surface area (Å²) in [7, 11) is 0. The monoisotopic (exact) mass is 1750 g/mol. The minimum Gasteiger partial charge on any atom is -0.493 e. The molecule has 14 atom stereocenters. The molecule has 9 aromatic carbocycles. The third-order valence-corrected chi connectivity index (χ3v) is 27.4. The zero-order valence-corrected chi connectivity index (χ0v) is 78.6. The van der Waals surface area contributed by atoms with Crippen molar-refractivity contribution in [2.24, 2.45) is 23.7 Å². The molecule has 12 heteroatoms. The lowest BCUT2D eigenvalue weighted by molar-refractivity contribution is -0.121. The van der Waals surface area contributed by atoms with Crippen molar-refractivity contribution in [3.05, 3.63) is 293 Å². The first-order chi connectivity index (χ1) is 62.8. The average Bonchev–Trinajstić information content (AvgIpc) is 1.58. The van der Waals surface area contributed by atoms with E-state index in [1.54, 1.807) is 34.6 Å². The zero-order valence-electron chi connectivity index (χ0n) is 78.6. The summed E-state index contributed by atoms with van der Waals surface area (Å²) in [4.78, 5) is 55.5. The van der Waals surface area contributed by atoms with Crippen molar-refractivity contribution in [2.75, 3.05) is 19.8 Å². The molecule has 688 valence electrons. The van der Waals surface area contributed by atoms with Gasteiger partial charge >= 0.3 is 0 Å². The van der Waals surface area contributed by atoms with Crippen LogP contribution in [0.3, 0.4) is 0 Å². The number of carbonyl (C=O) groups excluding carboxylic acids is 5. The number of rotatable bonds is 38. The maximum Gasteiger partial charge on any atom is 0.155 e. The molecule has 9 aromatic rings. The Hall–Kier alpha value is -9.75. The molecule has 0 aliphatic heterocycles. The predicted molar refractivity (Wildman–Crippen MR) is 522 cm³/mol. The Morgan fingerprint density at radius 3 is 0.915 bits per heavy atom. The summed E-state index contributed by atoms with van der Waals surface area (Å²) in [6, 6.07) is 85.6. The molecule has 7 aliphatic rings. The van der Waals surface area contributed by atoms with Crippen LogP contribution >= 0.6 is 0 Å². The predicted octanol–water partition coefficient (Wildman–Crippen LogP) is 27.8. The molecule has 0 aromatic heterocycles. The number of hydrogen-bond donors (Lipinski definition) is 0. The summed E-state index contributed by atoms with van der Waals surface area (Å²) in [6.45, 7) is 14.0. The molecule has 12 nitrogen and oxygen atoms in total. The fourth-order valence-corrected chi connectivity index (χ4v) is 20.0. The molecule has 0 bridgehead atoms. The molecule has 0 N–H and O–H groups in total. The number of Topliss-reactive ketones (excluding diaryl/α,β-unsaturated/α-hetero) is 5. The second kappa shape index (κ2) is 52.9. The molecule has 14 unspecified atom stereocenters. The molecule has 0 radical (unpaired) electrons. The molecule has 129 heavy (non-hydrogen) atoms. The van der Waals surface area contributed by atoms with E-state index in [0.29, 0.717) is 127 Å². The molecular weight excluding hydrogens is 1600 g/mol. The number of unbranched alkanes of at least 4 members (excludes halogenated alkanes) is 2. The third-order valence-electron chi connectivity index (χ3n) is 27.4. The largest absolute Gasteiger partial charge is 0.493 e. The lowest BCUT2D eigenvalue weighted by Crippen LogP contribution is -2.24. The van der Waals surface area contributed by atoms with Gasteiger partial charge in [0, 0.05) is 30.6 Å². The number of benzene rings is 9. The Kier molecular flexibility index (Phi) is 40.3. The lowest BCUT2D eigenvalue weighted by atomic mass is 9.82. The van der Waals surface area contributed by atoms with Gasteiger partial charge in [-0.25, -0.2) is 0 Å². The first kappa shape index (κ1) is 98.3. The first-order valence-corrected chi connectivity index (χ1v) is 49.5. The second-order valence-electron chi connectivity index (χ2n) is 38.5. The van der Waals surface area contributed by atoms with Crippen LogP contribution in [0.5, 0.6) is 28.7 Å². The normalized spacial score (nSPS) is 23.2. The number of aryl methyl sites for hydroxylation is 3. The summed E-state index contributed by atoms with van der Waals surface area (Å²) in [5, 5.41) is 0. The average molecular weight is 1750 g/mol. The SMILES string of the molecule is CC(=O)C1CC1CCc1ccc(C2CCCC(Oc3ccccc3)C2)cc1.CC(=O)C1CC1COc1ccc(C2CCCC(Oc3ccccc3)C2)cc1.CC(=O)CCCCc1ccc(C2CCCC(OC(C)C)C2)cc1.CC(=O)CCCCc1ccc(C2CCCC(Oc3ccccc3)C2)cc1.CC(=O)COCCc1ccc(C2CCCC(Oc3ccccc3)C2)cc1. The van der Waals surface area contributed by atoms with Crippen molar-refractivity contribution < 1.29 is 57.1 Å². The molecule has 0 spiro atoms. The van der Waals surface area contributed by atoms with Crippen LogP contribution in [-0.2, 0) is 59.1 Å². The van der Waals surface area contributed by atoms with E-state index in [1.807, 2.05) is 109 Å². The van der Waals surface area contributed by atoms with E-state index in [2.05, 4.69) is 147 Å². The molecule has 16 rings (SSSR count). The number of ketones is 5. The Balaban J connectivity index is 0.000000146. The van der Waals surface area contributed by atoms with Gasteiger partial charge in [0.2, 0.25) is 0 Å². The van der Waals surface area contributed by atoms with Crippen LogP contribution in [0.2, 0.25) is 0 Å². The minimum atomic E-state index is 0.0740. The third kappa shape index (κ3) is 35.1. The molecule has 7 saturated carbocycles. The van der Waals surface area contributed by atoms with Crippen molar-refractivity contribution in [3.8, 4) is 28.7 Å². The van der Waals surface area contributed by atoms with E-state index in [-0.39, 0.29) is 18.3 Å². The Bertz CT molecular complexity index is 4470. The standard InChI is InChI=1S/C25H30O2.C24H28O3.C24H30O2.C23H28O3.C21H32O2/c1-18(26)25-17-22(25)15-12-19-10-13-20(14-11-19)21-6-5-9-24(16-21)27-23-7-3-2-4-8-23;1-17(25)24-15-20(24)16-26-21-12-10-18(11-13-21)19-6-5-9-23(14-19)27-22-7-3-2-4-8-22;1-19(25)8-5-6-9-20-14-16-21(17-15-20)22-10-7-13-24(18-22)26-23-11-3-2-4-12-23;1-18(24)17-25-15-14-19-10-12-20(13-11-19)21-6-5-9-23(16-21)26-22-7-3-2-4-8-22;1-16(2)23-21-10-6-9-20(15-21)19-13-11-18(12-14-19)8-5-4-7-17(3)22/h2-4,7-8,10-11,13-14,21-22,24-25H,5-6,9,12,15-17H2,1H3;2-4,7-8,10-13,19-20,23-24H,5-6,9,14-16H2,1H3;2-4,11-12,14-17,22,24H,5-10,13,18H2,1H3;2-4,7-8,10-13,21,23H,5-6,9,14-17H2,1H3;11-14,16,20-21H,4-10,15H2,1-3H3. The second-order valence-corrected chi connectivity index (χ2v) is 38.5. The van der Waals surface area contributed by atoms with E-state index in [9.17, 15) is 24.0 Å². The van der Waals surface area contributed by atoms with Crippen LogP contribution in [0.1, 0.15) is 314 Å². The highest BCUT2D eigenvalue weighted by atomic mass is 16.5. The van der Waals surface area contributed by atoms with E-state index in [1.165, 1.54) is 121 Å². The van der Waals surface area contributed by atoms with Crippen LogP contribution < -0.4 is 23.7 Å². The van der Waals surface area contributed by atoms with Gasteiger partial charge in [-0.2, -0.15) is 0 Å². The summed E-state index contributed by atoms with van der Waals surface area (Å²) < 4.78 is 42.0. The first-order valence-electron chi connectivity index (χ1n) is 49.5. The topological polar surface area (TPSA) is 150 Å². The highest BCUT2D eigenvalue weighted by Crippen LogP contribution is 2.45. The van der Waals surface area contributed by atoms with Crippen LogP contribution in [0, 0.1) is 23.7 Å². The highest BCUT2D eigenvalue weighted by Gasteiger charge is 2.42. The van der Waals surface area contributed by atoms with E-state index in [0.717, 1.165) is 164 Å². The maximum absolute atomic E-state index is 11.4. The fraction of sp³-hybridized carbons (Fsp3) is 0.496. The Labute approximate surface area is 772 Å². The van der Waals surface area contributed by atoms with Crippen molar-refractivity contribution >= 4 is 28.9 Å². The highest BCUT2D eigenvalue weighted by molar-refractivity contribution is 5.81. The van der Waals surface area contributed by atoms with Gasteiger partial charge in [0.25, 0.3) is 0 Å². The van der Waals surface area contributed by atoms with Crippen LogP contribution in [0.15, 0.2) is 243 Å². The van der Waals surface area contributed by atoms with Crippen molar-refractivity contribution in [3.63, 3.8) is 0 Å². The number of carbonyl (C=O) groups is 5. The van der Waals surface area contributed by atoms with Gasteiger partial charge in [0.1, 0.15) is 58.5 Å². The van der Waals surface area contributed by atoms with Crippen LogP contribution in [0.4, 0.5) is 0 Å². The van der Waals surface area contributed by atoms with E-state index in [4.69, 9.17) is 33.2 Å². The Morgan fingerprint density at radius 1 is 0.302 bits per heavy atom. The van der Waals surface area contributed by atoms with Crippen LogP contribution in [0.25, 0.3) is 0 Å². The summed E-state index contributed by atoms with van der Waals surface area (Å²) in [5.41, 5.74) is 12.6. The molecule has 0 heterocycles. The van der Waals surface area contributed by atoms with Crippen molar-refractivity contribution in [1.82, 2.24) is 0 Å². The summed E-state index contributed by atoms with van der Waals surface area (Å²) >= 11 is 0. The zero-order chi connectivity index (χ0) is 90.3. The molecule has 0 amide bonds. The molecule has 0 saturated heterocycles. The Morgan fingerprint density at radius 2 is 0.605 bits per heavy atom. The maximum atomic E-state index is 11.4. The fourth-order valence-electron chi connectivity index (χ4n) is 20.0. The van der Waals surface area contributed by atoms with Gasteiger partial charge in [-0.3, -0.25) is 14.4 Å². The quantitative estimate of drug-likeness (QED) is 0.0339. The minimum absolute atomic E-state index is 0.0740. The number of para-hydroxylation sites is 4. The number of ether oxygens (including phenoxy) is 7. The summed E-state index contributed by atoms with van der Waals surface area (Å²) in [6.07, 6.45) is 38.7.